The minimum absolute atomic E-state index is 0.0335. The number of benzene rings is 2. The van der Waals surface area contributed by atoms with Gasteiger partial charge in [0.25, 0.3) is 0 Å². The molecule has 0 aromatic heterocycles. The first-order valence-corrected chi connectivity index (χ1v) is 16.5. The maximum Gasteiger partial charge on any atom is 0.239 e. The van der Waals surface area contributed by atoms with Gasteiger partial charge in [-0.1, -0.05) is 70.0 Å². The highest BCUT2D eigenvalue weighted by Crippen LogP contribution is 2.36. The number of fused-ring (bicyclic) bond motifs is 1. The van der Waals surface area contributed by atoms with Gasteiger partial charge in [0.15, 0.2) is 9.84 Å². The molecule has 0 saturated heterocycles. The second-order valence-electron chi connectivity index (χ2n) is 10.7. The summed E-state index contributed by atoms with van der Waals surface area (Å²) in [4.78, 5) is 13.3. The van der Waals surface area contributed by atoms with Gasteiger partial charge < -0.3 is 10.4 Å². The highest BCUT2D eigenvalue weighted by Gasteiger charge is 2.34. The van der Waals surface area contributed by atoms with Crippen molar-refractivity contribution < 1.29 is 26.7 Å². The molecule has 1 saturated carbocycles. The molecule has 37 heavy (non-hydrogen) atoms. The molecule has 0 heterocycles. The van der Waals surface area contributed by atoms with E-state index in [0.29, 0.717) is 36.0 Å². The first-order chi connectivity index (χ1) is 17.3. The minimum atomic E-state index is -4.05. The second kappa shape index (κ2) is 12.2. The molecular formula is C27H40N2O6S2. The summed E-state index contributed by atoms with van der Waals surface area (Å²) >= 11 is 0. The summed E-state index contributed by atoms with van der Waals surface area (Å²) in [6.45, 7) is 6.22. The summed E-state index contributed by atoms with van der Waals surface area (Å²) in [5.41, 5.74) is 0. The molecule has 1 unspecified atom stereocenters. The summed E-state index contributed by atoms with van der Waals surface area (Å²) in [5, 5.41) is 14.9. The Balaban J connectivity index is 1.80. The lowest BCUT2D eigenvalue weighted by Gasteiger charge is -2.36. The quantitative estimate of drug-likeness (QED) is 0.392. The summed E-state index contributed by atoms with van der Waals surface area (Å²) in [6, 6.07) is 9.67. The number of amides is 1. The standard InChI is InChI=1S/C27H40N2O6S2/c1-5-23(25(30)16-21-15-18(2)13-14-19(21)3)28-27(31)24(29-36(4,32)33)17-37(34,35)26-12-8-10-20-9-6-7-11-22(20)26/h6-12,18-19,21,23-25,29-30H,5,13-17H2,1-4H3,(H,28,31)/t18-,19+,21?,23-,24+,25+/m0/s1. The van der Waals surface area contributed by atoms with E-state index in [1.165, 1.54) is 12.5 Å². The van der Waals surface area contributed by atoms with Crippen LogP contribution in [0.5, 0.6) is 0 Å². The Bertz CT molecular complexity index is 1290. The molecule has 0 spiro atoms. The SMILES string of the molecule is CC[C@H](NC(=O)[C@@H](CS(=O)(=O)c1cccc2ccccc12)NS(C)(=O)=O)[C@H](O)CC1C[C@@H](C)CC[C@H]1C. The maximum absolute atomic E-state index is 13.4. The Labute approximate surface area is 221 Å². The summed E-state index contributed by atoms with van der Waals surface area (Å²) in [5.74, 6) is -0.120. The van der Waals surface area contributed by atoms with Gasteiger partial charge in [0.05, 0.1) is 29.0 Å². The van der Waals surface area contributed by atoms with Crippen molar-refractivity contribution >= 4 is 36.5 Å². The molecule has 0 radical (unpaired) electrons. The van der Waals surface area contributed by atoms with Crippen molar-refractivity contribution in [2.24, 2.45) is 17.8 Å². The van der Waals surface area contributed by atoms with Gasteiger partial charge in [0.2, 0.25) is 15.9 Å². The number of carbonyl (C=O) groups excluding carboxylic acids is 1. The second-order valence-corrected chi connectivity index (χ2v) is 14.5. The molecule has 0 bridgehead atoms. The van der Waals surface area contributed by atoms with Crippen LogP contribution in [0.2, 0.25) is 0 Å². The third-order valence-corrected chi connectivity index (χ3v) is 10.1. The van der Waals surface area contributed by atoms with Crippen LogP contribution in [0, 0.1) is 17.8 Å². The number of sulfone groups is 1. The van der Waals surface area contributed by atoms with Crippen molar-refractivity contribution in [1.82, 2.24) is 10.0 Å². The van der Waals surface area contributed by atoms with Crippen LogP contribution in [0.15, 0.2) is 47.4 Å². The van der Waals surface area contributed by atoms with E-state index in [-0.39, 0.29) is 4.90 Å². The zero-order valence-electron chi connectivity index (χ0n) is 22.1. The third-order valence-electron chi connectivity index (χ3n) is 7.54. The Morgan fingerprint density at radius 3 is 2.41 bits per heavy atom. The third kappa shape index (κ3) is 7.99. The van der Waals surface area contributed by atoms with Crippen LogP contribution in [0.4, 0.5) is 0 Å². The van der Waals surface area contributed by atoms with E-state index in [9.17, 15) is 26.7 Å². The Morgan fingerprint density at radius 2 is 1.73 bits per heavy atom. The topological polar surface area (TPSA) is 130 Å². The first-order valence-electron chi connectivity index (χ1n) is 13.0. The van der Waals surface area contributed by atoms with Crippen molar-refractivity contribution in [2.75, 3.05) is 12.0 Å². The normalized spacial score (nSPS) is 23.3. The smallest absolute Gasteiger partial charge is 0.239 e. The van der Waals surface area contributed by atoms with Gasteiger partial charge in [-0.05, 0) is 48.5 Å². The molecule has 3 rings (SSSR count). The molecule has 1 amide bonds. The van der Waals surface area contributed by atoms with E-state index in [1.54, 1.807) is 36.4 Å². The van der Waals surface area contributed by atoms with Crippen LogP contribution in [0.3, 0.4) is 0 Å². The van der Waals surface area contributed by atoms with Crippen LogP contribution in [-0.4, -0.2) is 58.0 Å². The monoisotopic (exact) mass is 552 g/mol. The van der Waals surface area contributed by atoms with Crippen molar-refractivity contribution in [3.05, 3.63) is 42.5 Å². The molecule has 1 aliphatic carbocycles. The van der Waals surface area contributed by atoms with Crippen LogP contribution in [-0.2, 0) is 24.7 Å². The molecule has 10 heteroatoms. The Kier molecular flexibility index (Phi) is 9.77. The molecule has 0 aliphatic heterocycles. The zero-order chi connectivity index (χ0) is 27.4. The number of aliphatic hydroxyl groups excluding tert-OH is 1. The molecule has 2 aromatic carbocycles. The fraction of sp³-hybridized carbons (Fsp3) is 0.593. The number of hydrogen-bond acceptors (Lipinski definition) is 6. The number of nitrogens with one attached hydrogen (secondary N) is 2. The molecule has 206 valence electrons. The molecule has 8 nitrogen and oxygen atoms in total. The molecule has 2 aromatic rings. The van der Waals surface area contributed by atoms with Crippen molar-refractivity contribution in [3.63, 3.8) is 0 Å². The van der Waals surface area contributed by atoms with Crippen molar-refractivity contribution in [2.45, 2.75) is 76.0 Å². The average molecular weight is 553 g/mol. The molecule has 1 fully saturated rings. The Hall–Kier alpha value is -2.01. The molecule has 1 aliphatic rings. The summed E-state index contributed by atoms with van der Waals surface area (Å²) in [7, 11) is -7.95. The van der Waals surface area contributed by atoms with Gasteiger partial charge in [0, 0.05) is 5.39 Å². The van der Waals surface area contributed by atoms with Crippen molar-refractivity contribution in [1.29, 1.82) is 0 Å². The average Bonchev–Trinajstić information content (AvgIpc) is 2.82. The van der Waals surface area contributed by atoms with E-state index < -0.39 is 49.7 Å². The van der Waals surface area contributed by atoms with Gasteiger partial charge in [-0.15, -0.1) is 0 Å². The minimum Gasteiger partial charge on any atom is -0.391 e. The van der Waals surface area contributed by atoms with Crippen LogP contribution < -0.4 is 10.0 Å². The van der Waals surface area contributed by atoms with Gasteiger partial charge in [0.1, 0.15) is 6.04 Å². The lowest BCUT2D eigenvalue weighted by molar-refractivity contribution is -0.124. The van der Waals surface area contributed by atoms with E-state index in [4.69, 9.17) is 0 Å². The predicted molar refractivity (Wildman–Crippen MR) is 146 cm³/mol. The lowest BCUT2D eigenvalue weighted by atomic mass is 9.73. The van der Waals surface area contributed by atoms with Gasteiger partial charge in [-0.25, -0.2) is 21.6 Å². The highest BCUT2D eigenvalue weighted by atomic mass is 32.2. The van der Waals surface area contributed by atoms with Crippen molar-refractivity contribution in [3.8, 4) is 0 Å². The summed E-state index contributed by atoms with van der Waals surface area (Å²) in [6.07, 6.45) is 4.31. The number of aliphatic hydroxyl groups is 1. The van der Waals surface area contributed by atoms with E-state index >= 15 is 0 Å². The number of carbonyl (C=O) groups is 1. The molecule has 6 atom stereocenters. The number of sulfonamides is 1. The number of hydrogen-bond donors (Lipinski definition) is 3. The first kappa shape index (κ1) is 29.5. The maximum atomic E-state index is 13.4. The fourth-order valence-corrected chi connectivity index (χ4v) is 7.88. The van der Waals surface area contributed by atoms with Gasteiger partial charge >= 0.3 is 0 Å². The van der Waals surface area contributed by atoms with Crippen LogP contribution >= 0.6 is 0 Å². The largest absolute Gasteiger partial charge is 0.391 e. The van der Waals surface area contributed by atoms with Gasteiger partial charge in [-0.2, -0.15) is 0 Å². The van der Waals surface area contributed by atoms with E-state index in [1.807, 2.05) is 6.92 Å². The van der Waals surface area contributed by atoms with Crippen LogP contribution in [0.1, 0.15) is 52.9 Å². The highest BCUT2D eigenvalue weighted by molar-refractivity contribution is 7.92. The Morgan fingerprint density at radius 1 is 1.05 bits per heavy atom. The van der Waals surface area contributed by atoms with E-state index in [0.717, 1.165) is 24.5 Å². The lowest BCUT2D eigenvalue weighted by Crippen LogP contribution is -2.54. The van der Waals surface area contributed by atoms with E-state index in [2.05, 4.69) is 23.9 Å². The molecular weight excluding hydrogens is 512 g/mol. The predicted octanol–water partition coefficient (Wildman–Crippen LogP) is 3.25. The fourth-order valence-electron chi connectivity index (χ4n) is 5.40. The summed E-state index contributed by atoms with van der Waals surface area (Å²) < 4.78 is 53.1. The molecule has 3 N–H and O–H groups in total. The zero-order valence-corrected chi connectivity index (χ0v) is 23.7. The number of rotatable bonds is 11. The van der Waals surface area contributed by atoms with Gasteiger partial charge in [-0.3, -0.25) is 4.79 Å². The van der Waals surface area contributed by atoms with Crippen LogP contribution in [0.25, 0.3) is 10.8 Å².